The maximum Gasteiger partial charge on any atom is 0.229 e. The third-order valence-corrected chi connectivity index (χ3v) is 5.71. The Morgan fingerprint density at radius 2 is 1.97 bits per heavy atom. The van der Waals surface area contributed by atoms with Crippen molar-refractivity contribution in [2.24, 2.45) is 5.92 Å². The number of fused-ring (bicyclic) bond motifs is 1. The van der Waals surface area contributed by atoms with E-state index in [1.54, 1.807) is 4.90 Å². The summed E-state index contributed by atoms with van der Waals surface area (Å²) in [7, 11) is 0. The van der Waals surface area contributed by atoms with Crippen molar-refractivity contribution < 1.29 is 9.59 Å². The van der Waals surface area contributed by atoms with Gasteiger partial charge in [0.25, 0.3) is 0 Å². The van der Waals surface area contributed by atoms with Crippen molar-refractivity contribution in [3.8, 4) is 11.3 Å². The van der Waals surface area contributed by atoms with Gasteiger partial charge in [0.2, 0.25) is 11.8 Å². The number of carbonyl (C=O) groups is 2. The molecule has 0 bridgehead atoms. The van der Waals surface area contributed by atoms with E-state index < -0.39 is 0 Å². The smallest absolute Gasteiger partial charge is 0.229 e. The fourth-order valence-electron chi connectivity index (χ4n) is 4.23. The number of hydrogen-bond acceptors (Lipinski definition) is 3. The summed E-state index contributed by atoms with van der Waals surface area (Å²) in [5.74, 6) is 0.637. The van der Waals surface area contributed by atoms with Gasteiger partial charge in [-0.05, 0) is 30.7 Å². The third-order valence-electron chi connectivity index (χ3n) is 5.71. The zero-order valence-corrected chi connectivity index (χ0v) is 16.0. The number of carbonyl (C=O) groups excluding carboxylic acids is 2. The average molecular weight is 386 g/mol. The molecule has 1 saturated heterocycles. The van der Waals surface area contributed by atoms with Crippen molar-refractivity contribution in [2.45, 2.75) is 25.8 Å². The number of benzene rings is 2. The molecule has 3 heterocycles. The molecule has 2 amide bonds. The maximum absolute atomic E-state index is 12.8. The van der Waals surface area contributed by atoms with Gasteiger partial charge in [0, 0.05) is 42.9 Å². The van der Waals surface area contributed by atoms with Crippen LogP contribution < -0.4 is 10.2 Å². The Balaban J connectivity index is 1.31. The molecule has 0 spiro atoms. The zero-order valence-electron chi connectivity index (χ0n) is 16.0. The van der Waals surface area contributed by atoms with E-state index in [2.05, 4.69) is 14.9 Å². The highest BCUT2D eigenvalue weighted by atomic mass is 16.2. The minimum absolute atomic E-state index is 0.0140. The summed E-state index contributed by atoms with van der Waals surface area (Å²) in [4.78, 5) is 31.4. The molecule has 1 fully saturated rings. The predicted octanol–water partition coefficient (Wildman–Crippen LogP) is 3.49. The summed E-state index contributed by atoms with van der Waals surface area (Å²) in [6, 6.07) is 17.3. The van der Waals surface area contributed by atoms with E-state index in [0.29, 0.717) is 6.54 Å². The van der Waals surface area contributed by atoms with Gasteiger partial charge in [0.1, 0.15) is 5.82 Å². The lowest BCUT2D eigenvalue weighted by molar-refractivity contribution is -0.122. The number of anilines is 2. The van der Waals surface area contributed by atoms with Gasteiger partial charge in [0.05, 0.1) is 17.8 Å². The van der Waals surface area contributed by atoms with E-state index >= 15 is 0 Å². The lowest BCUT2D eigenvalue weighted by Gasteiger charge is -2.16. The largest absolute Gasteiger partial charge is 0.328 e. The van der Waals surface area contributed by atoms with Crippen LogP contribution in [0.3, 0.4) is 0 Å². The molecule has 1 unspecified atom stereocenters. The van der Waals surface area contributed by atoms with Gasteiger partial charge >= 0.3 is 0 Å². The first-order valence-electron chi connectivity index (χ1n) is 10.00. The number of imidazole rings is 1. The molecule has 5 rings (SSSR count). The average Bonchev–Trinajstić information content (AvgIpc) is 3.44. The quantitative estimate of drug-likeness (QED) is 0.746. The molecular formula is C23H22N4O2. The molecule has 3 aromatic rings. The summed E-state index contributed by atoms with van der Waals surface area (Å²) in [5.41, 5.74) is 3.70. The predicted molar refractivity (Wildman–Crippen MR) is 112 cm³/mol. The first kappa shape index (κ1) is 17.7. The number of hydrogen-bond donors (Lipinski definition) is 1. The lowest BCUT2D eigenvalue weighted by atomic mass is 10.1. The zero-order chi connectivity index (χ0) is 19.8. The van der Waals surface area contributed by atoms with Crippen molar-refractivity contribution in [3.63, 3.8) is 0 Å². The summed E-state index contributed by atoms with van der Waals surface area (Å²) >= 11 is 0. The maximum atomic E-state index is 12.8. The van der Waals surface area contributed by atoms with Crippen molar-refractivity contribution in [1.82, 2.24) is 9.55 Å². The third kappa shape index (κ3) is 3.31. The van der Waals surface area contributed by atoms with Crippen LogP contribution in [0.5, 0.6) is 0 Å². The van der Waals surface area contributed by atoms with E-state index in [-0.39, 0.29) is 24.2 Å². The minimum Gasteiger partial charge on any atom is -0.328 e. The highest BCUT2D eigenvalue weighted by Crippen LogP contribution is 2.29. The second-order valence-corrected chi connectivity index (χ2v) is 7.63. The fraction of sp³-hybridized carbons (Fsp3) is 0.261. The Kier molecular flexibility index (Phi) is 4.39. The van der Waals surface area contributed by atoms with Crippen molar-refractivity contribution >= 4 is 23.2 Å². The minimum atomic E-state index is -0.356. The Morgan fingerprint density at radius 1 is 1.10 bits per heavy atom. The normalized spacial score (nSPS) is 18.1. The number of para-hydroxylation sites is 1. The van der Waals surface area contributed by atoms with Crippen LogP contribution in [0, 0.1) is 5.92 Å². The van der Waals surface area contributed by atoms with E-state index in [1.165, 1.54) is 0 Å². The van der Waals surface area contributed by atoms with Crippen LogP contribution in [0.1, 0.15) is 18.7 Å². The SMILES string of the molecule is O=C(Nc1cccc(-c2cnc3n2CCC3)c1)C1CC(=O)N(c2ccccc2)C1. The number of nitrogens with one attached hydrogen (secondary N) is 1. The van der Waals surface area contributed by atoms with Gasteiger partial charge in [0.15, 0.2) is 0 Å². The van der Waals surface area contributed by atoms with Crippen LogP contribution in [-0.2, 0) is 22.6 Å². The molecule has 0 aliphatic carbocycles. The monoisotopic (exact) mass is 386 g/mol. The molecule has 29 heavy (non-hydrogen) atoms. The number of aryl methyl sites for hydroxylation is 1. The number of amides is 2. The summed E-state index contributed by atoms with van der Waals surface area (Å²) < 4.78 is 2.24. The second-order valence-electron chi connectivity index (χ2n) is 7.63. The summed E-state index contributed by atoms with van der Waals surface area (Å²) in [5, 5.41) is 3.00. The molecule has 0 radical (unpaired) electrons. The molecule has 1 atom stereocenters. The molecule has 6 heteroatoms. The Bertz CT molecular complexity index is 1070. The highest BCUT2D eigenvalue weighted by molar-refractivity contribution is 6.03. The number of rotatable bonds is 4. The molecule has 2 aliphatic rings. The van der Waals surface area contributed by atoms with Crippen LogP contribution in [-0.4, -0.2) is 27.9 Å². The van der Waals surface area contributed by atoms with Crippen LogP contribution in [0.4, 0.5) is 11.4 Å². The van der Waals surface area contributed by atoms with Crippen molar-refractivity contribution in [3.05, 3.63) is 66.6 Å². The molecular weight excluding hydrogens is 364 g/mol. The molecule has 2 aliphatic heterocycles. The molecule has 1 N–H and O–H groups in total. The molecule has 1 aromatic heterocycles. The Hall–Kier alpha value is -3.41. The first-order chi connectivity index (χ1) is 14.2. The molecule has 0 saturated carbocycles. The van der Waals surface area contributed by atoms with Gasteiger partial charge in [-0.3, -0.25) is 9.59 Å². The van der Waals surface area contributed by atoms with E-state index in [4.69, 9.17) is 0 Å². The lowest BCUT2D eigenvalue weighted by Crippen LogP contribution is -2.28. The highest BCUT2D eigenvalue weighted by Gasteiger charge is 2.35. The van der Waals surface area contributed by atoms with E-state index in [9.17, 15) is 9.59 Å². The van der Waals surface area contributed by atoms with Crippen molar-refractivity contribution in [2.75, 3.05) is 16.8 Å². The first-order valence-corrected chi connectivity index (χ1v) is 10.00. The summed E-state index contributed by atoms with van der Waals surface area (Å²) in [6.07, 6.45) is 4.28. The van der Waals surface area contributed by atoms with Crippen molar-refractivity contribution in [1.29, 1.82) is 0 Å². The topological polar surface area (TPSA) is 67.2 Å². The standard InChI is InChI=1S/C23H22N4O2/c28-22-13-17(15-27(22)19-8-2-1-3-9-19)23(29)25-18-7-4-6-16(12-18)20-14-24-21-10-5-11-26(20)21/h1-4,6-9,12,14,17H,5,10-11,13,15H2,(H,25,29). The van der Waals surface area contributed by atoms with E-state index in [0.717, 1.165) is 47.8 Å². The number of nitrogens with zero attached hydrogens (tertiary/aromatic N) is 3. The molecule has 146 valence electrons. The molecule has 2 aromatic carbocycles. The van der Waals surface area contributed by atoms with Crippen LogP contribution in [0.2, 0.25) is 0 Å². The van der Waals surface area contributed by atoms with Gasteiger partial charge < -0.3 is 14.8 Å². The summed E-state index contributed by atoms with van der Waals surface area (Å²) in [6.45, 7) is 1.39. The fourth-order valence-corrected chi connectivity index (χ4v) is 4.23. The van der Waals surface area contributed by atoms with E-state index in [1.807, 2.05) is 60.8 Å². The Morgan fingerprint density at radius 3 is 2.83 bits per heavy atom. The number of aromatic nitrogens is 2. The molecule has 6 nitrogen and oxygen atoms in total. The van der Waals surface area contributed by atoms with Gasteiger partial charge in [-0.25, -0.2) is 4.98 Å². The Labute approximate surface area is 169 Å². The second kappa shape index (κ2) is 7.20. The van der Waals surface area contributed by atoms with Gasteiger partial charge in [-0.15, -0.1) is 0 Å². The van der Waals surface area contributed by atoms with Gasteiger partial charge in [-0.1, -0.05) is 30.3 Å². The van der Waals surface area contributed by atoms with Crippen LogP contribution >= 0.6 is 0 Å². The van der Waals surface area contributed by atoms with Gasteiger partial charge in [-0.2, -0.15) is 0 Å². The van der Waals surface area contributed by atoms with Crippen LogP contribution in [0.15, 0.2) is 60.8 Å². The van der Waals surface area contributed by atoms with Crippen LogP contribution in [0.25, 0.3) is 11.3 Å².